The minimum atomic E-state index is -0.697. The van der Waals surface area contributed by atoms with Gasteiger partial charge in [0.25, 0.3) is 11.6 Å². The van der Waals surface area contributed by atoms with Crippen molar-refractivity contribution in [2.75, 3.05) is 18.5 Å². The number of non-ortho nitro benzene ring substituents is 1. The Bertz CT molecular complexity index is 790. The predicted molar refractivity (Wildman–Crippen MR) is 89.4 cm³/mol. The first-order valence-electron chi connectivity index (χ1n) is 7.34. The topological polar surface area (TPSA) is 108 Å². The molecule has 130 valence electrons. The highest BCUT2D eigenvalue weighted by Crippen LogP contribution is 2.17. The Hall–Kier alpha value is -3.42. The number of nitro benzene ring substituents is 1. The SMILES string of the molecule is Cc1ccccc1OCC(=O)OCC(=O)Nc1cccc([N+](=O)[O-])c1. The zero-order valence-corrected chi connectivity index (χ0v) is 13.4. The molecule has 0 bridgehead atoms. The van der Waals surface area contributed by atoms with Crippen LogP contribution in [0.25, 0.3) is 0 Å². The van der Waals surface area contributed by atoms with Crippen molar-refractivity contribution >= 4 is 23.3 Å². The third-order valence-corrected chi connectivity index (χ3v) is 3.14. The van der Waals surface area contributed by atoms with Crippen LogP contribution in [0.4, 0.5) is 11.4 Å². The minimum absolute atomic E-state index is 0.151. The van der Waals surface area contributed by atoms with Crippen molar-refractivity contribution in [2.24, 2.45) is 0 Å². The average Bonchev–Trinajstić information content (AvgIpc) is 2.59. The summed E-state index contributed by atoms with van der Waals surface area (Å²) in [6.45, 7) is 1.00. The van der Waals surface area contributed by atoms with E-state index in [2.05, 4.69) is 5.32 Å². The lowest BCUT2D eigenvalue weighted by atomic mass is 10.2. The van der Waals surface area contributed by atoms with Gasteiger partial charge in [-0.1, -0.05) is 24.3 Å². The van der Waals surface area contributed by atoms with Gasteiger partial charge in [-0.05, 0) is 24.6 Å². The van der Waals surface area contributed by atoms with Crippen molar-refractivity contribution in [1.82, 2.24) is 0 Å². The maximum Gasteiger partial charge on any atom is 0.344 e. The zero-order chi connectivity index (χ0) is 18.2. The summed E-state index contributed by atoms with van der Waals surface area (Å²) >= 11 is 0. The lowest BCUT2D eigenvalue weighted by molar-refractivity contribution is -0.384. The molecule has 1 amide bonds. The van der Waals surface area contributed by atoms with E-state index in [1.165, 1.54) is 24.3 Å². The zero-order valence-electron chi connectivity index (χ0n) is 13.4. The number of nitrogens with zero attached hydrogens (tertiary/aromatic N) is 1. The Balaban J connectivity index is 1.78. The molecule has 0 saturated carbocycles. The third kappa shape index (κ3) is 5.61. The molecule has 0 aromatic heterocycles. The quantitative estimate of drug-likeness (QED) is 0.469. The molecule has 1 N–H and O–H groups in total. The van der Waals surface area contributed by atoms with Gasteiger partial charge < -0.3 is 14.8 Å². The van der Waals surface area contributed by atoms with E-state index in [0.29, 0.717) is 5.75 Å². The minimum Gasteiger partial charge on any atom is -0.482 e. The highest BCUT2D eigenvalue weighted by atomic mass is 16.6. The van der Waals surface area contributed by atoms with Crippen molar-refractivity contribution in [3.63, 3.8) is 0 Å². The molecule has 0 saturated heterocycles. The fourth-order valence-electron chi connectivity index (χ4n) is 1.94. The average molecular weight is 344 g/mol. The summed E-state index contributed by atoms with van der Waals surface area (Å²) in [5.74, 6) is -0.748. The number of rotatable bonds is 7. The molecule has 8 nitrogen and oxygen atoms in total. The second-order valence-electron chi connectivity index (χ2n) is 5.07. The van der Waals surface area contributed by atoms with E-state index in [0.717, 1.165) is 5.56 Å². The summed E-state index contributed by atoms with van der Waals surface area (Å²) in [6.07, 6.45) is 0. The smallest absolute Gasteiger partial charge is 0.344 e. The molecular weight excluding hydrogens is 328 g/mol. The van der Waals surface area contributed by atoms with Crippen LogP contribution in [0.1, 0.15) is 5.56 Å². The van der Waals surface area contributed by atoms with Crippen molar-refractivity contribution in [2.45, 2.75) is 6.92 Å². The molecular formula is C17H16N2O6. The van der Waals surface area contributed by atoms with Gasteiger partial charge in [0, 0.05) is 17.8 Å². The Kier molecular flexibility index (Phi) is 6.05. The lowest BCUT2D eigenvalue weighted by Crippen LogP contribution is -2.23. The maximum absolute atomic E-state index is 11.7. The fourth-order valence-corrected chi connectivity index (χ4v) is 1.94. The Labute approximate surface area is 143 Å². The van der Waals surface area contributed by atoms with Crippen LogP contribution in [-0.2, 0) is 14.3 Å². The van der Waals surface area contributed by atoms with Crippen molar-refractivity contribution in [3.05, 3.63) is 64.2 Å². The lowest BCUT2D eigenvalue weighted by Gasteiger charge is -2.09. The molecule has 0 aliphatic carbocycles. The van der Waals surface area contributed by atoms with Crippen LogP contribution in [0.5, 0.6) is 5.75 Å². The number of anilines is 1. The molecule has 2 aromatic rings. The molecule has 0 fully saturated rings. The molecule has 2 rings (SSSR count). The summed E-state index contributed by atoms with van der Waals surface area (Å²) in [7, 11) is 0. The van der Waals surface area contributed by atoms with Gasteiger partial charge in [-0.3, -0.25) is 14.9 Å². The summed E-state index contributed by atoms with van der Waals surface area (Å²) in [6, 6.07) is 12.6. The first-order valence-corrected chi connectivity index (χ1v) is 7.34. The van der Waals surface area contributed by atoms with Crippen molar-refractivity contribution in [1.29, 1.82) is 0 Å². The number of esters is 1. The van der Waals surface area contributed by atoms with E-state index in [4.69, 9.17) is 9.47 Å². The van der Waals surface area contributed by atoms with Gasteiger partial charge in [0.15, 0.2) is 13.2 Å². The van der Waals surface area contributed by atoms with E-state index in [9.17, 15) is 19.7 Å². The number of aryl methyl sites for hydroxylation is 1. The highest BCUT2D eigenvalue weighted by molar-refractivity contribution is 5.93. The number of hydrogen-bond donors (Lipinski definition) is 1. The highest BCUT2D eigenvalue weighted by Gasteiger charge is 2.11. The molecule has 0 radical (unpaired) electrons. The third-order valence-electron chi connectivity index (χ3n) is 3.14. The number of ether oxygens (including phenoxy) is 2. The number of para-hydroxylation sites is 1. The molecule has 2 aromatic carbocycles. The van der Waals surface area contributed by atoms with E-state index in [1.807, 2.05) is 19.1 Å². The van der Waals surface area contributed by atoms with Gasteiger partial charge >= 0.3 is 5.97 Å². The second-order valence-corrected chi connectivity index (χ2v) is 5.07. The monoisotopic (exact) mass is 344 g/mol. The molecule has 0 aliphatic heterocycles. The second kappa shape index (κ2) is 8.44. The van der Waals surface area contributed by atoms with Crippen LogP contribution < -0.4 is 10.1 Å². The molecule has 0 unspecified atom stereocenters. The van der Waals surface area contributed by atoms with Crippen LogP contribution in [0.2, 0.25) is 0 Å². The molecule has 0 heterocycles. The fraction of sp³-hybridized carbons (Fsp3) is 0.176. The largest absolute Gasteiger partial charge is 0.482 e. The number of carbonyl (C=O) groups is 2. The Morgan fingerprint density at radius 1 is 1.12 bits per heavy atom. The van der Waals surface area contributed by atoms with Gasteiger partial charge in [-0.2, -0.15) is 0 Å². The molecule has 25 heavy (non-hydrogen) atoms. The van der Waals surface area contributed by atoms with Crippen LogP contribution >= 0.6 is 0 Å². The first-order chi connectivity index (χ1) is 12.0. The van der Waals surface area contributed by atoms with Gasteiger partial charge in [-0.15, -0.1) is 0 Å². The van der Waals surface area contributed by atoms with Crippen LogP contribution in [0.3, 0.4) is 0 Å². The van der Waals surface area contributed by atoms with Gasteiger partial charge in [0.2, 0.25) is 0 Å². The van der Waals surface area contributed by atoms with Gasteiger partial charge in [0.05, 0.1) is 4.92 Å². The summed E-state index contributed by atoms with van der Waals surface area (Å²) in [5.41, 5.74) is 0.964. The van der Waals surface area contributed by atoms with E-state index >= 15 is 0 Å². The standard InChI is InChI=1S/C17H16N2O6/c1-12-5-2-3-8-15(12)24-11-17(21)25-10-16(20)18-13-6-4-7-14(9-13)19(22)23/h2-9H,10-11H2,1H3,(H,18,20). The molecule has 0 spiro atoms. The number of benzene rings is 2. The first kappa shape index (κ1) is 17.9. The summed E-state index contributed by atoms with van der Waals surface area (Å²) < 4.78 is 10.1. The summed E-state index contributed by atoms with van der Waals surface area (Å²) in [5, 5.41) is 13.1. The van der Waals surface area contributed by atoms with Crippen LogP contribution in [0.15, 0.2) is 48.5 Å². The Morgan fingerprint density at radius 3 is 2.60 bits per heavy atom. The van der Waals surface area contributed by atoms with Gasteiger partial charge in [-0.25, -0.2) is 4.79 Å². The maximum atomic E-state index is 11.7. The van der Waals surface area contributed by atoms with E-state index in [1.54, 1.807) is 12.1 Å². The number of carbonyl (C=O) groups excluding carboxylic acids is 2. The Morgan fingerprint density at radius 2 is 1.88 bits per heavy atom. The van der Waals surface area contributed by atoms with Crippen molar-refractivity contribution < 1.29 is 24.0 Å². The number of hydrogen-bond acceptors (Lipinski definition) is 6. The predicted octanol–water partition coefficient (Wildman–Crippen LogP) is 2.46. The van der Waals surface area contributed by atoms with Crippen molar-refractivity contribution in [3.8, 4) is 5.75 Å². The van der Waals surface area contributed by atoms with E-state index in [-0.39, 0.29) is 18.0 Å². The van der Waals surface area contributed by atoms with Crippen LogP contribution in [-0.4, -0.2) is 30.0 Å². The van der Waals surface area contributed by atoms with Crippen LogP contribution in [0, 0.1) is 17.0 Å². The normalized spacial score (nSPS) is 9.96. The number of nitro groups is 1. The molecule has 8 heteroatoms. The number of amides is 1. The molecule has 0 atom stereocenters. The summed E-state index contributed by atoms with van der Waals surface area (Å²) in [4.78, 5) is 33.4. The number of nitrogens with one attached hydrogen (secondary N) is 1. The van der Waals surface area contributed by atoms with E-state index < -0.39 is 23.4 Å². The molecule has 0 aliphatic rings. The van der Waals surface area contributed by atoms with Gasteiger partial charge in [0.1, 0.15) is 5.75 Å².